The summed E-state index contributed by atoms with van der Waals surface area (Å²) in [6.07, 6.45) is 0.387. The summed E-state index contributed by atoms with van der Waals surface area (Å²) in [6.45, 7) is 2.54. The van der Waals surface area contributed by atoms with Crippen LogP contribution in [0.4, 0.5) is 20.2 Å². The average molecular weight is 445 g/mol. The van der Waals surface area contributed by atoms with E-state index in [0.717, 1.165) is 13.0 Å². The second-order valence-corrected chi connectivity index (χ2v) is 8.72. The molecule has 0 radical (unpaired) electrons. The average Bonchev–Trinajstić information content (AvgIpc) is 2.73. The zero-order valence-electron chi connectivity index (χ0n) is 17.0. The van der Waals surface area contributed by atoms with Gasteiger partial charge in [-0.25, -0.2) is 17.2 Å². The zero-order chi connectivity index (χ0) is 22.6. The quantitative estimate of drug-likeness (QED) is 0.511. The van der Waals surface area contributed by atoms with E-state index in [0.29, 0.717) is 23.2 Å². The molecule has 0 aliphatic heterocycles. The molecule has 0 aromatic heterocycles. The topological polar surface area (TPSA) is 75.3 Å². The lowest BCUT2D eigenvalue weighted by Crippen LogP contribution is -2.17. The number of aryl methyl sites for hydroxylation is 1. The predicted molar refractivity (Wildman–Crippen MR) is 117 cm³/mol. The van der Waals surface area contributed by atoms with Crippen molar-refractivity contribution in [2.75, 3.05) is 10.0 Å². The number of alkyl halides is 2. The smallest absolute Gasteiger partial charge is 0.270 e. The largest absolute Gasteiger partial charge is 0.322 e. The first-order chi connectivity index (χ1) is 14.6. The summed E-state index contributed by atoms with van der Waals surface area (Å²) in [5.41, 5.74) is 1.17. The van der Waals surface area contributed by atoms with Crippen molar-refractivity contribution in [3.05, 3.63) is 89.5 Å². The Labute approximate surface area is 180 Å². The monoisotopic (exact) mass is 444 g/mol. The van der Waals surface area contributed by atoms with E-state index >= 15 is 0 Å². The molecule has 0 saturated carbocycles. The molecule has 0 atom stereocenters. The minimum Gasteiger partial charge on any atom is -0.322 e. The summed E-state index contributed by atoms with van der Waals surface area (Å²) in [7, 11) is -4.02. The third-order valence-corrected chi connectivity index (χ3v) is 6.13. The summed E-state index contributed by atoms with van der Waals surface area (Å²) < 4.78 is 55.3. The van der Waals surface area contributed by atoms with Crippen LogP contribution in [0.5, 0.6) is 0 Å². The maximum absolute atomic E-state index is 13.6. The molecule has 0 heterocycles. The van der Waals surface area contributed by atoms with Gasteiger partial charge in [-0.3, -0.25) is 9.52 Å². The number of anilines is 2. The van der Waals surface area contributed by atoms with Gasteiger partial charge in [0, 0.05) is 29.4 Å². The minimum absolute atomic E-state index is 0.0152. The summed E-state index contributed by atoms with van der Waals surface area (Å²) in [4.78, 5) is 12.4. The van der Waals surface area contributed by atoms with Crippen LogP contribution in [0.15, 0.2) is 77.7 Å². The minimum atomic E-state index is -4.02. The van der Waals surface area contributed by atoms with Crippen LogP contribution in [-0.2, 0) is 22.4 Å². The highest BCUT2D eigenvalue weighted by molar-refractivity contribution is 7.92. The number of hydrogen-bond acceptors (Lipinski definition) is 3. The first-order valence-electron chi connectivity index (χ1n) is 9.60. The number of carbonyl (C=O) groups is 1. The Bertz CT molecular complexity index is 1190. The number of benzene rings is 3. The van der Waals surface area contributed by atoms with E-state index < -0.39 is 15.9 Å². The van der Waals surface area contributed by atoms with Crippen molar-refractivity contribution < 1.29 is 22.0 Å². The van der Waals surface area contributed by atoms with Crippen molar-refractivity contribution in [1.82, 2.24) is 0 Å². The van der Waals surface area contributed by atoms with E-state index in [1.54, 1.807) is 43.3 Å². The first kappa shape index (κ1) is 22.4. The van der Waals surface area contributed by atoms with E-state index in [-0.39, 0.29) is 22.1 Å². The van der Waals surface area contributed by atoms with Gasteiger partial charge in [0.1, 0.15) is 0 Å². The van der Waals surface area contributed by atoms with Crippen molar-refractivity contribution in [1.29, 1.82) is 0 Å². The summed E-state index contributed by atoms with van der Waals surface area (Å²) in [6, 6.07) is 18.2. The van der Waals surface area contributed by atoms with E-state index in [1.807, 2.05) is 0 Å². The Hall–Kier alpha value is -3.26. The van der Waals surface area contributed by atoms with Crippen LogP contribution in [0, 0.1) is 0 Å². The summed E-state index contributed by atoms with van der Waals surface area (Å²) >= 11 is 0. The molecule has 31 heavy (non-hydrogen) atoms. The van der Waals surface area contributed by atoms with Crippen molar-refractivity contribution in [3.63, 3.8) is 0 Å². The number of nitrogens with one attached hydrogen (secondary N) is 2. The fraction of sp³-hybridized carbons (Fsp3) is 0.174. The van der Waals surface area contributed by atoms with Gasteiger partial charge < -0.3 is 5.32 Å². The highest BCUT2D eigenvalue weighted by Gasteiger charge is 2.25. The molecule has 0 aliphatic carbocycles. The highest BCUT2D eigenvalue weighted by atomic mass is 32.2. The van der Waals surface area contributed by atoms with Gasteiger partial charge in [-0.1, -0.05) is 37.3 Å². The molecule has 2 N–H and O–H groups in total. The van der Waals surface area contributed by atoms with Gasteiger partial charge in [0.15, 0.2) is 0 Å². The Kier molecular flexibility index (Phi) is 6.40. The molecular formula is C23H22F2N2O3S. The molecule has 3 aromatic carbocycles. The number of halogens is 2. The molecule has 1 amide bonds. The van der Waals surface area contributed by atoms with Gasteiger partial charge in [0.2, 0.25) is 0 Å². The van der Waals surface area contributed by atoms with Crippen molar-refractivity contribution in [2.45, 2.75) is 31.1 Å². The lowest BCUT2D eigenvalue weighted by Gasteiger charge is -2.15. The van der Waals surface area contributed by atoms with Crippen LogP contribution in [0.3, 0.4) is 0 Å². The number of rotatable bonds is 7. The molecule has 0 unspecified atom stereocenters. The maximum atomic E-state index is 13.6. The van der Waals surface area contributed by atoms with Crippen LogP contribution in [0.1, 0.15) is 35.3 Å². The van der Waals surface area contributed by atoms with Gasteiger partial charge in [0.05, 0.1) is 4.90 Å². The number of amides is 1. The molecule has 162 valence electrons. The van der Waals surface area contributed by atoms with Crippen molar-refractivity contribution >= 4 is 27.3 Å². The van der Waals surface area contributed by atoms with Gasteiger partial charge >= 0.3 is 0 Å². The van der Waals surface area contributed by atoms with Crippen LogP contribution in [-0.4, -0.2) is 14.3 Å². The molecule has 0 fully saturated rings. The van der Waals surface area contributed by atoms with Crippen LogP contribution < -0.4 is 10.0 Å². The summed E-state index contributed by atoms with van der Waals surface area (Å²) in [5, 5.41) is 2.75. The van der Waals surface area contributed by atoms with E-state index in [2.05, 4.69) is 10.0 Å². The van der Waals surface area contributed by atoms with Gasteiger partial charge in [0.25, 0.3) is 21.9 Å². The predicted octanol–water partition coefficient (Wildman–Crippen LogP) is 5.41. The Morgan fingerprint density at radius 3 is 2.29 bits per heavy atom. The SMILES string of the molecule is CCc1cc(NC(=O)c2ccccc2)ccc1S(=O)(=O)Nc1cccc(C(C)(F)F)c1. The fourth-order valence-corrected chi connectivity index (χ4v) is 4.40. The Morgan fingerprint density at radius 1 is 0.935 bits per heavy atom. The zero-order valence-corrected chi connectivity index (χ0v) is 17.8. The molecule has 5 nitrogen and oxygen atoms in total. The van der Waals surface area contributed by atoms with Crippen molar-refractivity contribution in [2.24, 2.45) is 0 Å². The van der Waals surface area contributed by atoms with Crippen molar-refractivity contribution in [3.8, 4) is 0 Å². The molecule has 0 spiro atoms. The molecule has 3 rings (SSSR count). The molecule has 3 aromatic rings. The van der Waals surface area contributed by atoms with Gasteiger partial charge in [-0.05, 0) is 54.4 Å². The second kappa shape index (κ2) is 8.85. The maximum Gasteiger partial charge on any atom is 0.270 e. The third-order valence-electron chi connectivity index (χ3n) is 4.65. The van der Waals surface area contributed by atoms with Crippen LogP contribution in [0.2, 0.25) is 0 Å². The standard InChI is InChI=1S/C23H22F2N2O3S/c1-3-16-14-19(26-22(28)17-8-5-4-6-9-17)12-13-21(16)31(29,30)27-20-11-7-10-18(15-20)23(2,24)25/h4-15,27H,3H2,1-2H3,(H,26,28). The van der Waals surface area contributed by atoms with Crippen LogP contribution >= 0.6 is 0 Å². The second-order valence-electron chi connectivity index (χ2n) is 7.07. The van der Waals surface area contributed by atoms with E-state index in [1.165, 1.54) is 30.3 Å². The molecule has 0 aliphatic rings. The molecule has 0 bridgehead atoms. The molecular weight excluding hydrogens is 422 g/mol. The Balaban J connectivity index is 1.86. The van der Waals surface area contributed by atoms with E-state index in [4.69, 9.17) is 0 Å². The van der Waals surface area contributed by atoms with E-state index in [9.17, 15) is 22.0 Å². The lowest BCUT2D eigenvalue weighted by atomic mass is 10.1. The third kappa shape index (κ3) is 5.46. The molecule has 0 saturated heterocycles. The first-order valence-corrected chi connectivity index (χ1v) is 11.1. The normalized spacial score (nSPS) is 11.7. The lowest BCUT2D eigenvalue weighted by molar-refractivity contribution is 0.0175. The van der Waals surface area contributed by atoms with Gasteiger partial charge in [-0.15, -0.1) is 0 Å². The number of hydrogen-bond donors (Lipinski definition) is 2. The van der Waals surface area contributed by atoms with Gasteiger partial charge in [-0.2, -0.15) is 0 Å². The van der Waals surface area contributed by atoms with Crippen LogP contribution in [0.25, 0.3) is 0 Å². The summed E-state index contributed by atoms with van der Waals surface area (Å²) in [5.74, 6) is -3.40. The number of carbonyl (C=O) groups excluding carboxylic acids is 1. The molecule has 8 heteroatoms. The Morgan fingerprint density at radius 2 is 1.65 bits per heavy atom. The fourth-order valence-electron chi connectivity index (χ4n) is 3.05. The highest BCUT2D eigenvalue weighted by Crippen LogP contribution is 2.30. The number of sulfonamides is 1.